The van der Waals surface area contributed by atoms with E-state index in [2.05, 4.69) is 20.3 Å². The fraction of sp³-hybridized carbons (Fsp3) is 0.211. The van der Waals surface area contributed by atoms with Gasteiger partial charge in [0.05, 0.1) is 10.6 Å². The average molecular weight is 451 g/mol. The summed E-state index contributed by atoms with van der Waals surface area (Å²) in [7, 11) is -3.74. The lowest BCUT2D eigenvalue weighted by atomic mass is 10.2. The van der Waals surface area contributed by atoms with Crippen LogP contribution in [0.4, 0.5) is 0 Å². The van der Waals surface area contributed by atoms with Crippen LogP contribution in [-0.4, -0.2) is 13.0 Å². The molecule has 0 N–H and O–H groups in total. The molecule has 136 valence electrons. The van der Waals surface area contributed by atoms with Crippen LogP contribution < -0.4 is 4.80 Å². The molecule has 0 atom stereocenters. The smallest absolute Gasteiger partial charge is 0.285 e. The van der Waals surface area contributed by atoms with E-state index in [9.17, 15) is 8.42 Å². The van der Waals surface area contributed by atoms with Gasteiger partial charge < -0.3 is 4.57 Å². The van der Waals surface area contributed by atoms with E-state index in [0.29, 0.717) is 11.3 Å². The highest BCUT2D eigenvalue weighted by Crippen LogP contribution is 2.23. The summed E-state index contributed by atoms with van der Waals surface area (Å²) >= 11 is 4.77. The Labute approximate surface area is 166 Å². The molecule has 0 amide bonds. The molecule has 3 aromatic rings. The van der Waals surface area contributed by atoms with E-state index >= 15 is 0 Å². The molecule has 1 aromatic heterocycles. The Morgan fingerprint density at radius 1 is 1.04 bits per heavy atom. The normalized spacial score (nSPS) is 12.5. The molecule has 0 aliphatic carbocycles. The highest BCUT2D eigenvalue weighted by Gasteiger charge is 2.14. The third-order valence-electron chi connectivity index (χ3n) is 4.08. The predicted molar refractivity (Wildman–Crippen MR) is 110 cm³/mol. The minimum Gasteiger partial charge on any atom is -0.316 e. The summed E-state index contributed by atoms with van der Waals surface area (Å²) in [5, 5.41) is 1.95. The van der Waals surface area contributed by atoms with E-state index in [1.165, 1.54) is 11.3 Å². The molecule has 0 spiro atoms. The van der Waals surface area contributed by atoms with Crippen LogP contribution in [0, 0.1) is 0 Å². The topological polar surface area (TPSA) is 51.4 Å². The van der Waals surface area contributed by atoms with Gasteiger partial charge in [0.1, 0.15) is 0 Å². The minimum absolute atomic E-state index is 0.218. The van der Waals surface area contributed by atoms with Crippen LogP contribution in [0.2, 0.25) is 0 Å². The molecule has 0 aliphatic rings. The van der Waals surface area contributed by atoms with Gasteiger partial charge >= 0.3 is 0 Å². The fourth-order valence-corrected chi connectivity index (χ4v) is 5.07. The number of sulfonamides is 1. The Balaban J connectivity index is 2.06. The molecule has 0 saturated carbocycles. The first kappa shape index (κ1) is 19.1. The number of nitrogens with zero attached hydrogens (tertiary/aromatic N) is 2. The third-order valence-corrected chi connectivity index (χ3v) is 6.87. The Kier molecular flexibility index (Phi) is 5.79. The van der Waals surface area contributed by atoms with Crippen molar-refractivity contribution in [1.29, 1.82) is 0 Å². The monoisotopic (exact) mass is 450 g/mol. The zero-order valence-electron chi connectivity index (χ0n) is 14.5. The Hall–Kier alpha value is -1.70. The van der Waals surface area contributed by atoms with Crippen LogP contribution in [0.3, 0.4) is 0 Å². The summed E-state index contributed by atoms with van der Waals surface area (Å²) in [6.07, 6.45) is 0.870. The standard InChI is InChI=1S/C19H19BrN2O2S2/c1-3-14-5-11-17(12-6-14)26(23,24)21-19-22(4-2)18(13-25-19)15-7-9-16(20)10-8-15/h5-13H,3-4H2,1-2H3/b21-19-. The first-order chi connectivity index (χ1) is 12.4. The van der Waals surface area contributed by atoms with Gasteiger partial charge in [-0.3, -0.25) is 0 Å². The number of benzene rings is 2. The van der Waals surface area contributed by atoms with Crippen LogP contribution >= 0.6 is 27.3 Å². The number of thiazole rings is 1. The lowest BCUT2D eigenvalue weighted by Crippen LogP contribution is -2.17. The number of aryl methyl sites for hydroxylation is 1. The van der Waals surface area contributed by atoms with Crippen molar-refractivity contribution in [1.82, 2.24) is 4.57 Å². The quantitative estimate of drug-likeness (QED) is 0.557. The van der Waals surface area contributed by atoms with Crippen LogP contribution in [0.15, 0.2) is 67.7 Å². The molecule has 0 unspecified atom stereocenters. The van der Waals surface area contributed by atoms with E-state index in [-0.39, 0.29) is 4.90 Å². The first-order valence-electron chi connectivity index (χ1n) is 8.29. The third kappa shape index (κ3) is 4.00. The van der Waals surface area contributed by atoms with Crippen molar-refractivity contribution in [3.63, 3.8) is 0 Å². The molecule has 7 heteroatoms. The molecule has 1 heterocycles. The summed E-state index contributed by atoms with van der Waals surface area (Å²) < 4.78 is 32.4. The van der Waals surface area contributed by atoms with Gasteiger partial charge in [-0.2, -0.15) is 8.42 Å². The fourth-order valence-electron chi connectivity index (χ4n) is 2.61. The second kappa shape index (κ2) is 7.90. The second-order valence-corrected chi connectivity index (χ2v) is 9.07. The lowest BCUT2D eigenvalue weighted by molar-refractivity contribution is 0.595. The van der Waals surface area contributed by atoms with E-state index in [4.69, 9.17) is 0 Å². The van der Waals surface area contributed by atoms with E-state index in [1.54, 1.807) is 12.1 Å². The number of rotatable bonds is 5. The average Bonchev–Trinajstić information content (AvgIpc) is 3.04. The van der Waals surface area contributed by atoms with Crippen molar-refractivity contribution in [3.8, 4) is 11.3 Å². The molecule has 2 aromatic carbocycles. The van der Waals surface area contributed by atoms with Crippen LogP contribution in [-0.2, 0) is 23.0 Å². The summed E-state index contributed by atoms with van der Waals surface area (Å²) in [4.78, 5) is 0.695. The van der Waals surface area contributed by atoms with Gasteiger partial charge in [-0.25, -0.2) is 0 Å². The second-order valence-electron chi connectivity index (χ2n) is 5.72. The summed E-state index contributed by atoms with van der Waals surface area (Å²) in [6, 6.07) is 14.8. The maximum atomic E-state index is 12.7. The molecule has 0 saturated heterocycles. The highest BCUT2D eigenvalue weighted by atomic mass is 79.9. The van der Waals surface area contributed by atoms with E-state index < -0.39 is 10.0 Å². The van der Waals surface area contributed by atoms with Gasteiger partial charge in [-0.1, -0.05) is 47.1 Å². The largest absolute Gasteiger partial charge is 0.316 e. The SMILES string of the molecule is CCc1ccc(S(=O)(=O)/N=c2\scc(-c3ccc(Br)cc3)n2CC)cc1. The zero-order chi connectivity index (χ0) is 18.7. The minimum atomic E-state index is -3.74. The van der Waals surface area contributed by atoms with Crippen molar-refractivity contribution in [2.75, 3.05) is 0 Å². The van der Waals surface area contributed by atoms with Crippen LogP contribution in [0.5, 0.6) is 0 Å². The summed E-state index contributed by atoms with van der Waals surface area (Å²) in [6.45, 7) is 4.65. The molecule has 0 fully saturated rings. The molecule has 0 aliphatic heterocycles. The zero-order valence-corrected chi connectivity index (χ0v) is 17.7. The number of aromatic nitrogens is 1. The predicted octanol–water partition coefficient (Wildman–Crippen LogP) is 4.85. The Morgan fingerprint density at radius 2 is 1.69 bits per heavy atom. The number of hydrogen-bond donors (Lipinski definition) is 0. The molecular formula is C19H19BrN2O2S2. The van der Waals surface area contributed by atoms with Crippen molar-refractivity contribution in [3.05, 3.63) is 68.7 Å². The Bertz CT molecular complexity index is 1060. The number of hydrogen-bond acceptors (Lipinski definition) is 3. The van der Waals surface area contributed by atoms with Gasteiger partial charge in [-0.15, -0.1) is 15.7 Å². The van der Waals surface area contributed by atoms with Gasteiger partial charge in [-0.05, 0) is 48.7 Å². The lowest BCUT2D eigenvalue weighted by Gasteiger charge is -2.06. The maximum Gasteiger partial charge on any atom is 0.285 e. The molecular weight excluding hydrogens is 432 g/mol. The van der Waals surface area contributed by atoms with Gasteiger partial charge in [0, 0.05) is 16.4 Å². The van der Waals surface area contributed by atoms with Crippen molar-refractivity contribution >= 4 is 37.3 Å². The molecule has 0 bridgehead atoms. The van der Waals surface area contributed by atoms with E-state index in [1.807, 2.05) is 60.2 Å². The molecule has 3 rings (SSSR count). The highest BCUT2D eigenvalue weighted by molar-refractivity contribution is 9.10. The van der Waals surface area contributed by atoms with Crippen molar-refractivity contribution in [2.24, 2.45) is 4.40 Å². The molecule has 0 radical (unpaired) electrons. The summed E-state index contributed by atoms with van der Waals surface area (Å²) in [5.74, 6) is 0. The van der Waals surface area contributed by atoms with Gasteiger partial charge in [0.2, 0.25) is 4.80 Å². The molecule has 4 nitrogen and oxygen atoms in total. The van der Waals surface area contributed by atoms with Gasteiger partial charge in [0.25, 0.3) is 10.0 Å². The van der Waals surface area contributed by atoms with Gasteiger partial charge in [0.15, 0.2) is 0 Å². The number of halogens is 1. The first-order valence-corrected chi connectivity index (χ1v) is 11.4. The molecule has 26 heavy (non-hydrogen) atoms. The Morgan fingerprint density at radius 3 is 2.27 bits per heavy atom. The van der Waals surface area contributed by atoms with Crippen LogP contribution in [0.1, 0.15) is 19.4 Å². The maximum absolute atomic E-state index is 12.7. The van der Waals surface area contributed by atoms with Crippen LogP contribution in [0.25, 0.3) is 11.3 Å². The van der Waals surface area contributed by atoms with Crippen molar-refractivity contribution < 1.29 is 8.42 Å². The van der Waals surface area contributed by atoms with Crippen molar-refractivity contribution in [2.45, 2.75) is 31.7 Å². The van der Waals surface area contributed by atoms with E-state index in [0.717, 1.165) is 27.7 Å². The summed E-state index contributed by atoms with van der Waals surface area (Å²) in [5.41, 5.74) is 3.08.